The lowest BCUT2D eigenvalue weighted by atomic mass is 9.80. The van der Waals surface area contributed by atoms with Gasteiger partial charge in [-0.25, -0.2) is 0 Å². The molecule has 3 heteroatoms. The summed E-state index contributed by atoms with van der Waals surface area (Å²) in [7, 11) is 0. The second-order valence-electron chi connectivity index (χ2n) is 6.02. The molecule has 1 fully saturated rings. The molecular formula is C18H29NO2. The number of nitrogens with one attached hydrogen (secondary N) is 1. The number of ether oxygens (including phenoxy) is 2. The molecule has 1 saturated heterocycles. The monoisotopic (exact) mass is 291 g/mol. The Morgan fingerprint density at radius 1 is 1.10 bits per heavy atom. The summed E-state index contributed by atoms with van der Waals surface area (Å²) >= 11 is 0. The van der Waals surface area contributed by atoms with Crippen LogP contribution in [0.2, 0.25) is 0 Å². The van der Waals surface area contributed by atoms with Gasteiger partial charge in [-0.1, -0.05) is 26.0 Å². The third-order valence-corrected chi connectivity index (χ3v) is 4.68. The van der Waals surface area contributed by atoms with Crippen LogP contribution in [0.15, 0.2) is 24.3 Å². The first kappa shape index (κ1) is 16.3. The molecule has 0 aromatic heterocycles. The molecular weight excluding hydrogens is 262 g/mol. The topological polar surface area (TPSA) is 30.5 Å². The van der Waals surface area contributed by atoms with Gasteiger partial charge in [0.2, 0.25) is 0 Å². The summed E-state index contributed by atoms with van der Waals surface area (Å²) in [6.45, 7) is 12.5. The molecule has 0 aliphatic carbocycles. The molecule has 1 heterocycles. The summed E-state index contributed by atoms with van der Waals surface area (Å²) in [5, 5.41) is 3.65. The van der Waals surface area contributed by atoms with Crippen LogP contribution in [-0.2, 0) is 4.74 Å². The maximum absolute atomic E-state index is 6.03. The summed E-state index contributed by atoms with van der Waals surface area (Å²) in [6.07, 6.45) is 0.611. The van der Waals surface area contributed by atoms with E-state index in [1.54, 1.807) is 0 Å². The Labute approximate surface area is 129 Å². The molecule has 5 atom stereocenters. The first-order valence-corrected chi connectivity index (χ1v) is 8.20. The van der Waals surface area contributed by atoms with Crippen molar-refractivity contribution >= 4 is 0 Å². The van der Waals surface area contributed by atoms with E-state index in [2.05, 4.69) is 57.3 Å². The predicted molar refractivity (Wildman–Crippen MR) is 86.7 cm³/mol. The minimum absolute atomic E-state index is 0.283. The highest BCUT2D eigenvalue weighted by Crippen LogP contribution is 2.40. The molecule has 1 N–H and O–H groups in total. The van der Waals surface area contributed by atoms with Gasteiger partial charge in [-0.05, 0) is 50.9 Å². The lowest BCUT2D eigenvalue weighted by Crippen LogP contribution is -2.34. The normalized spacial score (nSPS) is 30.3. The van der Waals surface area contributed by atoms with Crippen molar-refractivity contribution in [3.05, 3.63) is 29.8 Å². The van der Waals surface area contributed by atoms with Gasteiger partial charge in [0.1, 0.15) is 5.75 Å². The summed E-state index contributed by atoms with van der Waals surface area (Å²) in [5.74, 6) is 1.99. The molecule has 0 amide bonds. The lowest BCUT2D eigenvalue weighted by Gasteiger charge is -2.30. The maximum Gasteiger partial charge on any atom is 0.119 e. The molecule has 1 aliphatic rings. The van der Waals surface area contributed by atoms with Crippen LogP contribution in [0.25, 0.3) is 0 Å². The van der Waals surface area contributed by atoms with Gasteiger partial charge in [-0.15, -0.1) is 0 Å². The van der Waals surface area contributed by atoms with Crippen molar-refractivity contribution in [2.75, 3.05) is 13.2 Å². The Kier molecular flexibility index (Phi) is 5.65. The molecule has 1 aromatic carbocycles. The van der Waals surface area contributed by atoms with Crippen LogP contribution in [0.5, 0.6) is 5.75 Å². The van der Waals surface area contributed by atoms with E-state index in [1.165, 1.54) is 5.56 Å². The fourth-order valence-corrected chi connectivity index (χ4v) is 3.50. The van der Waals surface area contributed by atoms with Crippen molar-refractivity contribution in [1.29, 1.82) is 0 Å². The van der Waals surface area contributed by atoms with Gasteiger partial charge in [0.05, 0.1) is 18.8 Å². The average Bonchev–Trinajstić information content (AvgIpc) is 2.71. The first-order valence-electron chi connectivity index (χ1n) is 8.20. The summed E-state index contributed by atoms with van der Waals surface area (Å²) in [4.78, 5) is 0. The predicted octanol–water partition coefficient (Wildman–Crippen LogP) is 3.80. The first-order chi connectivity index (χ1) is 10.1. The number of hydrogen-bond acceptors (Lipinski definition) is 3. The Morgan fingerprint density at radius 3 is 2.24 bits per heavy atom. The van der Waals surface area contributed by atoms with Crippen molar-refractivity contribution in [3.8, 4) is 5.75 Å². The average molecular weight is 291 g/mol. The SMILES string of the molecule is CCNC(c1ccc(OCC)cc1)C1C(C)OC(C)C1C. The van der Waals surface area contributed by atoms with Crippen LogP contribution >= 0.6 is 0 Å². The summed E-state index contributed by atoms with van der Waals surface area (Å²) in [6, 6.07) is 8.83. The molecule has 5 unspecified atom stereocenters. The third-order valence-electron chi connectivity index (χ3n) is 4.68. The molecule has 21 heavy (non-hydrogen) atoms. The highest BCUT2D eigenvalue weighted by atomic mass is 16.5. The number of rotatable bonds is 6. The molecule has 118 valence electrons. The van der Waals surface area contributed by atoms with Gasteiger partial charge >= 0.3 is 0 Å². The van der Waals surface area contributed by atoms with Crippen molar-refractivity contribution in [2.24, 2.45) is 11.8 Å². The Bertz CT molecular complexity index is 431. The van der Waals surface area contributed by atoms with Crippen molar-refractivity contribution < 1.29 is 9.47 Å². The number of hydrogen-bond donors (Lipinski definition) is 1. The molecule has 0 bridgehead atoms. The van der Waals surface area contributed by atoms with Crippen LogP contribution in [0.1, 0.15) is 46.2 Å². The fraction of sp³-hybridized carbons (Fsp3) is 0.667. The summed E-state index contributed by atoms with van der Waals surface area (Å²) < 4.78 is 11.6. The minimum Gasteiger partial charge on any atom is -0.494 e. The second kappa shape index (κ2) is 7.28. The molecule has 0 saturated carbocycles. The van der Waals surface area contributed by atoms with E-state index in [0.29, 0.717) is 30.6 Å². The molecule has 2 rings (SSSR count). The molecule has 1 aliphatic heterocycles. The Hall–Kier alpha value is -1.06. The van der Waals surface area contributed by atoms with E-state index in [-0.39, 0.29) is 6.10 Å². The number of benzene rings is 1. The van der Waals surface area contributed by atoms with Crippen LogP contribution in [0, 0.1) is 11.8 Å². The van der Waals surface area contributed by atoms with E-state index in [1.807, 2.05) is 6.92 Å². The van der Waals surface area contributed by atoms with E-state index in [4.69, 9.17) is 9.47 Å². The van der Waals surface area contributed by atoms with Crippen molar-refractivity contribution in [2.45, 2.75) is 52.9 Å². The van der Waals surface area contributed by atoms with Gasteiger partial charge < -0.3 is 14.8 Å². The van der Waals surface area contributed by atoms with Crippen molar-refractivity contribution in [3.63, 3.8) is 0 Å². The van der Waals surface area contributed by atoms with E-state index in [0.717, 1.165) is 12.3 Å². The van der Waals surface area contributed by atoms with Gasteiger partial charge in [0.15, 0.2) is 0 Å². The van der Waals surface area contributed by atoms with Crippen LogP contribution in [0.4, 0.5) is 0 Å². The third kappa shape index (κ3) is 3.58. The highest BCUT2D eigenvalue weighted by Gasteiger charge is 2.41. The van der Waals surface area contributed by atoms with E-state index >= 15 is 0 Å². The molecule has 1 aromatic rings. The minimum atomic E-state index is 0.283. The lowest BCUT2D eigenvalue weighted by molar-refractivity contribution is 0.0475. The zero-order valence-electron chi connectivity index (χ0n) is 13.9. The maximum atomic E-state index is 6.03. The fourth-order valence-electron chi connectivity index (χ4n) is 3.50. The molecule has 3 nitrogen and oxygen atoms in total. The van der Waals surface area contributed by atoms with E-state index < -0.39 is 0 Å². The molecule has 0 radical (unpaired) electrons. The zero-order chi connectivity index (χ0) is 15.4. The van der Waals surface area contributed by atoms with E-state index in [9.17, 15) is 0 Å². The smallest absolute Gasteiger partial charge is 0.119 e. The Balaban J connectivity index is 2.22. The van der Waals surface area contributed by atoms with Gasteiger partial charge in [0.25, 0.3) is 0 Å². The van der Waals surface area contributed by atoms with Crippen molar-refractivity contribution in [1.82, 2.24) is 5.32 Å². The van der Waals surface area contributed by atoms with Crippen LogP contribution < -0.4 is 10.1 Å². The van der Waals surface area contributed by atoms with Gasteiger partial charge in [0, 0.05) is 12.0 Å². The van der Waals surface area contributed by atoms with Gasteiger partial charge in [-0.2, -0.15) is 0 Å². The van der Waals surface area contributed by atoms with Crippen LogP contribution in [-0.4, -0.2) is 25.4 Å². The largest absolute Gasteiger partial charge is 0.494 e. The van der Waals surface area contributed by atoms with Crippen LogP contribution in [0.3, 0.4) is 0 Å². The standard InChI is InChI=1S/C18H29NO2/c1-6-19-18(17-12(3)13(4)21-14(17)5)15-8-10-16(11-9-15)20-7-2/h8-14,17-19H,6-7H2,1-5H3. The highest BCUT2D eigenvalue weighted by molar-refractivity contribution is 5.30. The van der Waals surface area contributed by atoms with Gasteiger partial charge in [-0.3, -0.25) is 0 Å². The summed E-state index contributed by atoms with van der Waals surface area (Å²) in [5.41, 5.74) is 1.32. The Morgan fingerprint density at radius 2 is 1.76 bits per heavy atom. The molecule has 0 spiro atoms. The quantitative estimate of drug-likeness (QED) is 0.865. The zero-order valence-corrected chi connectivity index (χ0v) is 13.9. The second-order valence-corrected chi connectivity index (χ2v) is 6.02.